The van der Waals surface area contributed by atoms with Gasteiger partial charge in [0.2, 0.25) is 0 Å². The van der Waals surface area contributed by atoms with Crippen molar-refractivity contribution in [3.05, 3.63) is 82.0 Å². The minimum atomic E-state index is -0.600. The number of aliphatic hydroxyl groups is 1. The standard InChI is InChI=1S/C38H56O5/c1-26(2)12-9-14-28(5)15-10-16-29(6)17-19-31(37(42)33-22-21-32(39)24-34(33)40)20-18-30(7)35-25-36(41)38(8,43-35)23-11-13-27(3)4/h12-13,15,17-18,21-22,24,31,35-36,39-41H,9-11,14,16,19-20,23,25H2,1-8H3/t31-,35-,36+,38-/m0/s1. The first-order valence-corrected chi connectivity index (χ1v) is 15.9. The predicted octanol–water partition coefficient (Wildman–Crippen LogP) is 9.70. The number of carbonyl (C=O) groups excluding carboxylic acids is 1. The van der Waals surface area contributed by atoms with Gasteiger partial charge in [0, 0.05) is 18.4 Å². The number of benzene rings is 1. The van der Waals surface area contributed by atoms with E-state index in [4.69, 9.17) is 4.74 Å². The Hall–Kier alpha value is -2.89. The maximum Gasteiger partial charge on any atom is 0.170 e. The van der Waals surface area contributed by atoms with E-state index in [-0.39, 0.29) is 34.9 Å². The highest BCUT2D eigenvalue weighted by Gasteiger charge is 2.44. The topological polar surface area (TPSA) is 87.0 Å². The van der Waals surface area contributed by atoms with Gasteiger partial charge in [-0.15, -0.1) is 0 Å². The summed E-state index contributed by atoms with van der Waals surface area (Å²) in [6, 6.07) is 4.13. The third-order valence-corrected chi connectivity index (χ3v) is 8.47. The van der Waals surface area contributed by atoms with Crippen molar-refractivity contribution in [3.8, 4) is 11.5 Å². The Bertz CT molecular complexity index is 1220. The molecule has 1 aliphatic rings. The summed E-state index contributed by atoms with van der Waals surface area (Å²) >= 11 is 0. The zero-order chi connectivity index (χ0) is 32.2. The number of carbonyl (C=O) groups is 1. The maximum atomic E-state index is 13.6. The lowest BCUT2D eigenvalue weighted by atomic mass is 9.88. The molecule has 4 atom stereocenters. The first-order valence-electron chi connectivity index (χ1n) is 15.9. The fraction of sp³-hybridized carbons (Fsp3) is 0.553. The van der Waals surface area contributed by atoms with Crippen LogP contribution in [0.25, 0.3) is 0 Å². The van der Waals surface area contributed by atoms with Crippen LogP contribution in [0.2, 0.25) is 0 Å². The van der Waals surface area contributed by atoms with E-state index in [0.717, 1.165) is 44.1 Å². The van der Waals surface area contributed by atoms with E-state index in [1.807, 2.05) is 13.8 Å². The van der Waals surface area contributed by atoms with Crippen LogP contribution in [0, 0.1) is 5.92 Å². The molecule has 0 unspecified atom stereocenters. The molecule has 0 aromatic heterocycles. The number of rotatable bonds is 16. The van der Waals surface area contributed by atoms with Crippen LogP contribution in [-0.2, 0) is 4.74 Å². The van der Waals surface area contributed by atoms with E-state index in [1.54, 1.807) is 0 Å². The molecule has 1 aliphatic heterocycles. The van der Waals surface area contributed by atoms with Crippen molar-refractivity contribution in [2.45, 2.75) is 131 Å². The molecule has 1 fully saturated rings. The van der Waals surface area contributed by atoms with Crippen molar-refractivity contribution in [1.82, 2.24) is 0 Å². The van der Waals surface area contributed by atoms with E-state index in [1.165, 1.54) is 40.5 Å². The monoisotopic (exact) mass is 592 g/mol. The fourth-order valence-corrected chi connectivity index (χ4v) is 5.46. The molecule has 43 heavy (non-hydrogen) atoms. The Labute approximate surface area is 260 Å². The van der Waals surface area contributed by atoms with E-state index in [0.29, 0.717) is 19.3 Å². The molecule has 1 aromatic rings. The largest absolute Gasteiger partial charge is 0.508 e. The van der Waals surface area contributed by atoms with E-state index in [9.17, 15) is 20.1 Å². The van der Waals surface area contributed by atoms with Gasteiger partial charge in [-0.1, -0.05) is 52.7 Å². The van der Waals surface area contributed by atoms with Gasteiger partial charge in [0.1, 0.15) is 11.5 Å². The predicted molar refractivity (Wildman–Crippen MR) is 179 cm³/mol. The average Bonchev–Trinajstić information content (AvgIpc) is 3.21. The van der Waals surface area contributed by atoms with Crippen LogP contribution in [0.3, 0.4) is 0 Å². The number of allylic oxidation sites excluding steroid dienone is 9. The highest BCUT2D eigenvalue weighted by molar-refractivity contribution is 6.00. The normalized spacial score (nSPS) is 21.9. The van der Waals surface area contributed by atoms with Crippen LogP contribution in [0.5, 0.6) is 11.5 Å². The van der Waals surface area contributed by atoms with Gasteiger partial charge in [-0.3, -0.25) is 4.79 Å². The van der Waals surface area contributed by atoms with Gasteiger partial charge in [0.05, 0.1) is 23.4 Å². The van der Waals surface area contributed by atoms with Crippen LogP contribution in [0.1, 0.15) is 124 Å². The molecular weight excluding hydrogens is 536 g/mol. The van der Waals surface area contributed by atoms with Crippen LogP contribution in [-0.4, -0.2) is 38.9 Å². The Kier molecular flexibility index (Phi) is 14.7. The molecule has 0 amide bonds. The van der Waals surface area contributed by atoms with Gasteiger partial charge < -0.3 is 20.1 Å². The van der Waals surface area contributed by atoms with Crippen molar-refractivity contribution >= 4 is 5.78 Å². The molecule has 1 heterocycles. The van der Waals surface area contributed by atoms with E-state index < -0.39 is 11.7 Å². The van der Waals surface area contributed by atoms with Crippen molar-refractivity contribution in [2.75, 3.05) is 0 Å². The Balaban J connectivity index is 2.13. The molecule has 1 saturated heterocycles. The molecule has 0 radical (unpaired) electrons. The maximum absolute atomic E-state index is 13.6. The summed E-state index contributed by atoms with van der Waals surface area (Å²) in [6.07, 6.45) is 17.4. The Morgan fingerprint density at radius 1 is 0.884 bits per heavy atom. The van der Waals surface area contributed by atoms with Gasteiger partial charge in [0.25, 0.3) is 0 Å². The molecule has 238 valence electrons. The number of Topliss-reactive ketones (excluding diaryl/α,β-unsaturated/α-hetero) is 1. The van der Waals surface area contributed by atoms with Crippen LogP contribution >= 0.6 is 0 Å². The SMILES string of the molecule is CC(C)=CCCC(C)=CCCC(C)=CC[C@@H](CC=C(C)[C@@H]1C[C@@H](O)[C@](C)(CCC=C(C)C)O1)C(=O)c1ccc(O)cc1O. The molecule has 1 aromatic carbocycles. The van der Waals surface area contributed by atoms with Crippen molar-refractivity contribution in [1.29, 1.82) is 0 Å². The molecule has 0 saturated carbocycles. The highest BCUT2D eigenvalue weighted by Crippen LogP contribution is 2.38. The molecule has 5 nitrogen and oxygen atoms in total. The lowest BCUT2D eigenvalue weighted by molar-refractivity contribution is -0.0657. The number of ether oxygens (including phenoxy) is 1. The van der Waals surface area contributed by atoms with Gasteiger partial charge in [-0.25, -0.2) is 0 Å². The molecular formula is C38H56O5. The zero-order valence-electron chi connectivity index (χ0n) is 27.9. The van der Waals surface area contributed by atoms with Crippen LogP contribution < -0.4 is 0 Å². The third-order valence-electron chi connectivity index (χ3n) is 8.47. The number of aliphatic hydroxyl groups excluding tert-OH is 1. The van der Waals surface area contributed by atoms with E-state index in [2.05, 4.69) is 71.9 Å². The van der Waals surface area contributed by atoms with Gasteiger partial charge in [-0.05, 0) is 124 Å². The minimum absolute atomic E-state index is 0.0779. The minimum Gasteiger partial charge on any atom is -0.508 e. The Morgan fingerprint density at radius 3 is 2.09 bits per heavy atom. The second-order valence-corrected chi connectivity index (χ2v) is 13.1. The molecule has 0 aliphatic carbocycles. The van der Waals surface area contributed by atoms with Gasteiger partial charge in [0.15, 0.2) is 5.78 Å². The lowest BCUT2D eigenvalue weighted by Crippen LogP contribution is -2.35. The second-order valence-electron chi connectivity index (χ2n) is 13.1. The fourth-order valence-electron chi connectivity index (χ4n) is 5.46. The number of ketones is 1. The van der Waals surface area contributed by atoms with Crippen molar-refractivity contribution in [2.24, 2.45) is 5.92 Å². The Morgan fingerprint density at radius 2 is 1.47 bits per heavy atom. The summed E-state index contributed by atoms with van der Waals surface area (Å²) in [7, 11) is 0. The van der Waals surface area contributed by atoms with Crippen LogP contribution in [0.4, 0.5) is 0 Å². The summed E-state index contributed by atoms with van der Waals surface area (Å²) in [4.78, 5) is 13.6. The molecule has 0 bridgehead atoms. The van der Waals surface area contributed by atoms with Gasteiger partial charge in [-0.2, -0.15) is 0 Å². The summed E-state index contributed by atoms with van der Waals surface area (Å²) in [5, 5.41) is 31.0. The lowest BCUT2D eigenvalue weighted by Gasteiger charge is -2.27. The molecule has 3 N–H and O–H groups in total. The number of phenols is 2. The molecule has 2 rings (SSSR count). The van der Waals surface area contributed by atoms with Crippen molar-refractivity contribution in [3.63, 3.8) is 0 Å². The smallest absolute Gasteiger partial charge is 0.170 e. The van der Waals surface area contributed by atoms with Crippen molar-refractivity contribution < 1.29 is 24.9 Å². The summed E-state index contributed by atoms with van der Waals surface area (Å²) < 4.78 is 6.39. The molecule has 5 heteroatoms. The number of hydrogen-bond donors (Lipinski definition) is 3. The molecule has 0 spiro atoms. The average molecular weight is 593 g/mol. The first kappa shape index (κ1) is 36.3. The second kappa shape index (κ2) is 17.4. The summed E-state index contributed by atoms with van der Waals surface area (Å²) in [6.45, 7) is 16.7. The number of phenolic OH excluding ortho intramolecular Hbond substituents is 2. The third kappa shape index (κ3) is 12.3. The first-order chi connectivity index (χ1) is 20.2. The van der Waals surface area contributed by atoms with E-state index >= 15 is 0 Å². The zero-order valence-corrected chi connectivity index (χ0v) is 27.9. The summed E-state index contributed by atoms with van der Waals surface area (Å²) in [5.74, 6) is -0.818. The number of aromatic hydroxyl groups is 2. The highest BCUT2D eigenvalue weighted by atomic mass is 16.5. The quantitative estimate of drug-likeness (QED) is 0.131. The van der Waals surface area contributed by atoms with Gasteiger partial charge >= 0.3 is 0 Å². The van der Waals surface area contributed by atoms with Crippen LogP contribution in [0.15, 0.2) is 76.4 Å². The number of hydrogen-bond acceptors (Lipinski definition) is 5. The summed E-state index contributed by atoms with van der Waals surface area (Å²) in [5.41, 5.74) is 5.86.